The molecule has 0 unspecified atom stereocenters. The third kappa shape index (κ3) is 3.08. The lowest BCUT2D eigenvalue weighted by Crippen LogP contribution is -2.29. The zero-order chi connectivity index (χ0) is 14.8. The fourth-order valence-corrected chi connectivity index (χ4v) is 2.84. The van der Waals surface area contributed by atoms with Crippen LogP contribution in [0.25, 0.3) is 10.9 Å². The molecule has 0 amide bonds. The van der Waals surface area contributed by atoms with Crippen molar-refractivity contribution in [2.75, 3.05) is 6.54 Å². The number of nitrogens with one attached hydrogen (secondary N) is 1. The highest BCUT2D eigenvalue weighted by molar-refractivity contribution is 5.82. The quantitative estimate of drug-likeness (QED) is 0.606. The third-order valence-corrected chi connectivity index (χ3v) is 4.12. The molecule has 21 heavy (non-hydrogen) atoms. The Morgan fingerprint density at radius 2 is 2.19 bits per heavy atom. The van der Waals surface area contributed by atoms with Crippen molar-refractivity contribution in [1.29, 1.82) is 5.41 Å². The minimum Gasteiger partial charge on any atom is -0.388 e. The molecule has 2 aromatic rings. The van der Waals surface area contributed by atoms with Gasteiger partial charge in [-0.2, -0.15) is 5.10 Å². The summed E-state index contributed by atoms with van der Waals surface area (Å²) in [6.07, 6.45) is 3.15. The Bertz CT molecular complexity index is 641. The van der Waals surface area contributed by atoms with Gasteiger partial charge in [-0.05, 0) is 25.8 Å². The number of nitrogens with zero attached hydrogens (tertiary/aromatic N) is 3. The van der Waals surface area contributed by atoms with Crippen molar-refractivity contribution in [2.24, 2.45) is 5.73 Å². The summed E-state index contributed by atoms with van der Waals surface area (Å²) in [5.41, 5.74) is 7.86. The molecule has 0 aliphatic heterocycles. The highest BCUT2D eigenvalue weighted by Crippen LogP contribution is 2.29. The maximum Gasteiger partial charge on any atom is 0.0918 e. The lowest BCUT2D eigenvalue weighted by molar-refractivity contribution is 0.259. The van der Waals surface area contributed by atoms with Crippen LogP contribution in [0.4, 0.5) is 0 Å². The average molecular weight is 285 g/mol. The second-order valence-electron chi connectivity index (χ2n) is 5.76. The molecule has 112 valence electrons. The van der Waals surface area contributed by atoms with E-state index in [2.05, 4.69) is 40.8 Å². The Balaban J connectivity index is 1.83. The van der Waals surface area contributed by atoms with Gasteiger partial charge in [0.25, 0.3) is 0 Å². The lowest BCUT2D eigenvalue weighted by atomic mass is 10.2. The Labute approximate surface area is 125 Å². The number of aryl methyl sites for hydroxylation is 1. The minimum absolute atomic E-state index is 0.268. The molecule has 0 spiro atoms. The second kappa shape index (κ2) is 5.85. The van der Waals surface area contributed by atoms with Gasteiger partial charge in [-0.3, -0.25) is 15.0 Å². The highest BCUT2D eigenvalue weighted by Gasteiger charge is 2.29. The first-order valence-electron chi connectivity index (χ1n) is 7.70. The van der Waals surface area contributed by atoms with Crippen molar-refractivity contribution in [1.82, 2.24) is 14.7 Å². The van der Waals surface area contributed by atoms with Crippen LogP contribution in [-0.2, 0) is 13.1 Å². The van der Waals surface area contributed by atoms with Crippen LogP contribution in [0.3, 0.4) is 0 Å². The molecule has 1 fully saturated rings. The Morgan fingerprint density at radius 3 is 2.86 bits per heavy atom. The fourth-order valence-electron chi connectivity index (χ4n) is 2.84. The number of hydrogen-bond acceptors (Lipinski definition) is 3. The Hall–Kier alpha value is -1.88. The van der Waals surface area contributed by atoms with Gasteiger partial charge in [-0.15, -0.1) is 0 Å². The van der Waals surface area contributed by atoms with Crippen molar-refractivity contribution in [3.63, 3.8) is 0 Å². The molecule has 1 aromatic carbocycles. The molecular formula is C16H23N5. The summed E-state index contributed by atoms with van der Waals surface area (Å²) in [5, 5.41) is 13.4. The summed E-state index contributed by atoms with van der Waals surface area (Å²) >= 11 is 0. The van der Waals surface area contributed by atoms with E-state index in [1.54, 1.807) is 0 Å². The predicted octanol–water partition coefficient (Wildman–Crippen LogP) is 2.35. The molecule has 1 aromatic heterocycles. The van der Waals surface area contributed by atoms with Gasteiger partial charge in [0, 0.05) is 37.5 Å². The van der Waals surface area contributed by atoms with Crippen LogP contribution in [-0.4, -0.2) is 33.1 Å². The summed E-state index contributed by atoms with van der Waals surface area (Å²) in [6.45, 7) is 4.72. The van der Waals surface area contributed by atoms with Crippen molar-refractivity contribution >= 4 is 16.7 Å². The van der Waals surface area contributed by atoms with Gasteiger partial charge in [0.05, 0.1) is 17.0 Å². The highest BCUT2D eigenvalue weighted by atomic mass is 15.3. The van der Waals surface area contributed by atoms with E-state index in [0.29, 0.717) is 12.5 Å². The van der Waals surface area contributed by atoms with Crippen LogP contribution in [0.5, 0.6) is 0 Å². The average Bonchev–Trinajstić information content (AvgIpc) is 3.26. The van der Waals surface area contributed by atoms with Crippen LogP contribution >= 0.6 is 0 Å². The topological polar surface area (TPSA) is 70.9 Å². The van der Waals surface area contributed by atoms with Crippen molar-refractivity contribution < 1.29 is 0 Å². The predicted molar refractivity (Wildman–Crippen MR) is 85.4 cm³/mol. The van der Waals surface area contributed by atoms with E-state index < -0.39 is 0 Å². The van der Waals surface area contributed by atoms with Gasteiger partial charge < -0.3 is 5.73 Å². The van der Waals surface area contributed by atoms with Gasteiger partial charge in [0.2, 0.25) is 0 Å². The van der Waals surface area contributed by atoms with Gasteiger partial charge >= 0.3 is 0 Å². The van der Waals surface area contributed by atoms with Crippen molar-refractivity contribution in [3.8, 4) is 0 Å². The maximum atomic E-state index is 7.43. The maximum absolute atomic E-state index is 7.43. The van der Waals surface area contributed by atoms with E-state index in [1.165, 1.54) is 23.7 Å². The Morgan fingerprint density at radius 1 is 1.43 bits per heavy atom. The zero-order valence-electron chi connectivity index (χ0n) is 12.5. The van der Waals surface area contributed by atoms with Crippen LogP contribution < -0.4 is 5.73 Å². The fraction of sp³-hybridized carbons (Fsp3) is 0.500. The first-order valence-corrected chi connectivity index (χ1v) is 7.70. The smallest absolute Gasteiger partial charge is 0.0918 e. The van der Waals surface area contributed by atoms with E-state index in [4.69, 9.17) is 16.2 Å². The molecule has 1 aliphatic rings. The van der Waals surface area contributed by atoms with E-state index >= 15 is 0 Å². The SMILES string of the molecule is CCn1nc(CN(CCC(=N)N)C2CC2)c2ccccc21. The lowest BCUT2D eigenvalue weighted by Gasteiger charge is -2.20. The number of aromatic nitrogens is 2. The normalized spacial score (nSPS) is 15.0. The monoisotopic (exact) mass is 285 g/mol. The van der Waals surface area contributed by atoms with Gasteiger partial charge in [0.15, 0.2) is 0 Å². The third-order valence-electron chi connectivity index (χ3n) is 4.12. The molecule has 5 heteroatoms. The van der Waals surface area contributed by atoms with E-state index in [1.807, 2.05) is 0 Å². The first kappa shape index (κ1) is 14.1. The van der Waals surface area contributed by atoms with Crippen molar-refractivity contribution in [3.05, 3.63) is 30.0 Å². The molecule has 0 saturated heterocycles. The van der Waals surface area contributed by atoms with E-state index in [-0.39, 0.29) is 5.84 Å². The molecule has 3 rings (SSSR count). The summed E-state index contributed by atoms with van der Waals surface area (Å²) in [5.74, 6) is 0.268. The van der Waals surface area contributed by atoms with Gasteiger partial charge in [-0.1, -0.05) is 18.2 Å². The zero-order valence-corrected chi connectivity index (χ0v) is 12.5. The summed E-state index contributed by atoms with van der Waals surface area (Å²) in [7, 11) is 0. The number of amidine groups is 1. The Kier molecular flexibility index (Phi) is 3.92. The molecule has 0 atom stereocenters. The number of para-hydroxylation sites is 1. The van der Waals surface area contributed by atoms with Crippen LogP contribution in [0.2, 0.25) is 0 Å². The van der Waals surface area contributed by atoms with Crippen molar-refractivity contribution in [2.45, 2.75) is 45.3 Å². The van der Waals surface area contributed by atoms with Crippen LogP contribution in [0, 0.1) is 5.41 Å². The molecular weight excluding hydrogens is 262 g/mol. The summed E-state index contributed by atoms with van der Waals surface area (Å²) < 4.78 is 2.07. The van der Waals surface area contributed by atoms with E-state index in [9.17, 15) is 0 Å². The number of benzene rings is 1. The number of fused-ring (bicyclic) bond motifs is 1. The second-order valence-corrected chi connectivity index (χ2v) is 5.76. The molecule has 1 aliphatic carbocycles. The largest absolute Gasteiger partial charge is 0.388 e. The molecule has 1 saturated carbocycles. The van der Waals surface area contributed by atoms with Gasteiger partial charge in [0.1, 0.15) is 0 Å². The van der Waals surface area contributed by atoms with E-state index in [0.717, 1.165) is 25.3 Å². The molecule has 0 radical (unpaired) electrons. The molecule has 5 nitrogen and oxygen atoms in total. The van der Waals surface area contributed by atoms with Crippen LogP contribution in [0.15, 0.2) is 24.3 Å². The minimum atomic E-state index is 0.268. The molecule has 0 bridgehead atoms. The summed E-state index contributed by atoms with van der Waals surface area (Å²) in [6, 6.07) is 9.07. The number of rotatable bonds is 7. The van der Waals surface area contributed by atoms with Crippen LogP contribution in [0.1, 0.15) is 31.9 Å². The first-order chi connectivity index (χ1) is 10.2. The number of hydrogen-bond donors (Lipinski definition) is 2. The summed E-state index contributed by atoms with van der Waals surface area (Å²) in [4.78, 5) is 2.43. The standard InChI is InChI=1S/C16H23N5/c1-2-21-15-6-4-3-5-13(15)14(19-21)11-20(12-7-8-12)10-9-16(17)18/h3-6,12H,2,7-11H2,1H3,(H3,17,18). The molecule has 3 N–H and O–H groups in total. The van der Waals surface area contributed by atoms with Gasteiger partial charge in [-0.25, -0.2) is 0 Å². The number of nitrogens with two attached hydrogens (primary N) is 1. The molecule has 1 heterocycles.